The summed E-state index contributed by atoms with van der Waals surface area (Å²) in [5, 5.41) is 0. The van der Waals surface area contributed by atoms with E-state index in [9.17, 15) is 0 Å². The van der Waals surface area contributed by atoms with E-state index in [4.69, 9.17) is 0 Å². The molecular formula is C16H18BrN3. The smallest absolute Gasteiger partial charge is 0.225 e. The van der Waals surface area contributed by atoms with Gasteiger partial charge in [-0.15, -0.1) is 0 Å². The molecule has 1 aliphatic carbocycles. The fourth-order valence-electron chi connectivity index (χ4n) is 2.60. The number of hydrogen-bond acceptors (Lipinski definition) is 3. The number of anilines is 1. The van der Waals surface area contributed by atoms with Crippen molar-refractivity contribution in [2.24, 2.45) is 0 Å². The zero-order valence-corrected chi connectivity index (χ0v) is 13.4. The zero-order chi connectivity index (χ0) is 14.2. The van der Waals surface area contributed by atoms with E-state index in [-0.39, 0.29) is 5.41 Å². The molecule has 0 aliphatic heterocycles. The van der Waals surface area contributed by atoms with Crippen molar-refractivity contribution in [2.45, 2.75) is 25.2 Å². The summed E-state index contributed by atoms with van der Waals surface area (Å²) in [6.07, 6.45) is 6.23. The monoisotopic (exact) mass is 331 g/mol. The highest BCUT2D eigenvalue weighted by Gasteiger charge is 2.45. The maximum atomic E-state index is 4.41. The van der Waals surface area contributed by atoms with Gasteiger partial charge in [0.05, 0.1) is 0 Å². The lowest BCUT2D eigenvalue weighted by molar-refractivity contribution is 0.662. The largest absolute Gasteiger partial charge is 0.343 e. The minimum absolute atomic E-state index is 0.281. The number of aryl methyl sites for hydroxylation is 1. The van der Waals surface area contributed by atoms with Gasteiger partial charge in [0.2, 0.25) is 5.95 Å². The van der Waals surface area contributed by atoms with E-state index in [0.717, 1.165) is 22.5 Å². The Kier molecular flexibility index (Phi) is 3.50. The molecule has 0 saturated heterocycles. The van der Waals surface area contributed by atoms with Crippen LogP contribution in [0.15, 0.2) is 41.1 Å². The molecule has 1 saturated carbocycles. The van der Waals surface area contributed by atoms with Gasteiger partial charge in [-0.3, -0.25) is 0 Å². The highest BCUT2D eigenvalue weighted by atomic mass is 79.9. The van der Waals surface area contributed by atoms with Crippen LogP contribution in [0.2, 0.25) is 0 Å². The summed E-state index contributed by atoms with van der Waals surface area (Å²) >= 11 is 3.50. The van der Waals surface area contributed by atoms with E-state index in [1.807, 2.05) is 19.3 Å². The fraction of sp³-hybridized carbons (Fsp3) is 0.375. The number of aromatic nitrogens is 2. The molecule has 1 aromatic carbocycles. The Labute approximate surface area is 128 Å². The highest BCUT2D eigenvalue weighted by molar-refractivity contribution is 9.10. The Hall–Kier alpha value is -1.42. The van der Waals surface area contributed by atoms with Gasteiger partial charge in [-0.2, -0.15) is 0 Å². The number of nitrogens with zero attached hydrogens (tertiary/aromatic N) is 3. The van der Waals surface area contributed by atoms with Gasteiger partial charge in [0.1, 0.15) is 0 Å². The van der Waals surface area contributed by atoms with Gasteiger partial charge in [-0.25, -0.2) is 9.97 Å². The molecule has 0 atom stereocenters. The van der Waals surface area contributed by atoms with Crippen molar-refractivity contribution in [1.82, 2.24) is 9.97 Å². The van der Waals surface area contributed by atoms with Gasteiger partial charge in [0.25, 0.3) is 0 Å². The van der Waals surface area contributed by atoms with Gasteiger partial charge >= 0.3 is 0 Å². The molecule has 4 heteroatoms. The first-order chi connectivity index (χ1) is 9.59. The van der Waals surface area contributed by atoms with Gasteiger partial charge in [0, 0.05) is 35.9 Å². The van der Waals surface area contributed by atoms with Crippen molar-refractivity contribution < 1.29 is 0 Å². The van der Waals surface area contributed by atoms with Crippen LogP contribution in [0.5, 0.6) is 0 Å². The Morgan fingerprint density at radius 3 is 2.30 bits per heavy atom. The molecule has 0 N–H and O–H groups in total. The third-order valence-corrected chi connectivity index (χ3v) is 4.49. The van der Waals surface area contributed by atoms with Crippen LogP contribution in [-0.4, -0.2) is 23.6 Å². The van der Waals surface area contributed by atoms with Crippen LogP contribution in [0.3, 0.4) is 0 Å². The Morgan fingerprint density at radius 1 is 1.15 bits per heavy atom. The maximum Gasteiger partial charge on any atom is 0.225 e. The van der Waals surface area contributed by atoms with E-state index in [1.54, 1.807) is 0 Å². The van der Waals surface area contributed by atoms with Crippen molar-refractivity contribution in [3.8, 4) is 0 Å². The van der Waals surface area contributed by atoms with E-state index < -0.39 is 0 Å². The molecule has 1 fully saturated rings. The van der Waals surface area contributed by atoms with Crippen molar-refractivity contribution in [1.29, 1.82) is 0 Å². The molecule has 1 aromatic heterocycles. The third kappa shape index (κ3) is 2.70. The van der Waals surface area contributed by atoms with Crippen LogP contribution in [0.4, 0.5) is 5.95 Å². The normalized spacial score (nSPS) is 15.9. The maximum absolute atomic E-state index is 4.41. The molecule has 0 bridgehead atoms. The summed E-state index contributed by atoms with van der Waals surface area (Å²) in [6, 6.07) is 8.69. The first-order valence-corrected chi connectivity index (χ1v) is 7.64. The van der Waals surface area contributed by atoms with Crippen molar-refractivity contribution in [3.63, 3.8) is 0 Å². The summed E-state index contributed by atoms with van der Waals surface area (Å²) in [5.74, 6) is 0.805. The molecule has 2 aromatic rings. The first-order valence-electron chi connectivity index (χ1n) is 6.85. The Balaban J connectivity index is 1.76. The molecule has 0 radical (unpaired) electrons. The SMILES string of the molecule is Cc1cnc(N(C)CC2(c3ccc(Br)cc3)CC2)nc1. The second-order valence-corrected chi connectivity index (χ2v) is 6.62. The van der Waals surface area contributed by atoms with Crippen LogP contribution >= 0.6 is 15.9 Å². The second kappa shape index (κ2) is 5.17. The van der Waals surface area contributed by atoms with Crippen LogP contribution in [0.25, 0.3) is 0 Å². The topological polar surface area (TPSA) is 29.0 Å². The summed E-state index contributed by atoms with van der Waals surface area (Å²) in [5.41, 5.74) is 2.79. The lowest BCUT2D eigenvalue weighted by Gasteiger charge is -2.24. The highest BCUT2D eigenvalue weighted by Crippen LogP contribution is 2.49. The predicted octanol–water partition coefficient (Wildman–Crippen LogP) is 3.72. The quantitative estimate of drug-likeness (QED) is 0.855. The molecule has 1 aliphatic rings. The Morgan fingerprint density at radius 2 is 1.75 bits per heavy atom. The minimum atomic E-state index is 0.281. The second-order valence-electron chi connectivity index (χ2n) is 5.70. The van der Waals surface area contributed by atoms with Crippen molar-refractivity contribution in [3.05, 3.63) is 52.3 Å². The van der Waals surface area contributed by atoms with Crippen LogP contribution in [0, 0.1) is 6.92 Å². The number of benzene rings is 1. The van der Waals surface area contributed by atoms with Crippen molar-refractivity contribution in [2.75, 3.05) is 18.5 Å². The summed E-state index contributed by atoms with van der Waals surface area (Å²) in [7, 11) is 2.07. The number of rotatable bonds is 4. The summed E-state index contributed by atoms with van der Waals surface area (Å²) in [4.78, 5) is 11.0. The van der Waals surface area contributed by atoms with Crippen molar-refractivity contribution >= 4 is 21.9 Å². The minimum Gasteiger partial charge on any atom is -0.343 e. The molecule has 0 unspecified atom stereocenters. The first kappa shape index (κ1) is 13.6. The molecule has 0 spiro atoms. The molecule has 3 nitrogen and oxygen atoms in total. The lowest BCUT2D eigenvalue weighted by atomic mass is 9.95. The lowest BCUT2D eigenvalue weighted by Crippen LogP contribution is -2.30. The van der Waals surface area contributed by atoms with E-state index in [2.05, 4.69) is 62.1 Å². The fourth-order valence-corrected chi connectivity index (χ4v) is 2.86. The zero-order valence-electron chi connectivity index (χ0n) is 11.8. The average Bonchev–Trinajstić information content (AvgIpc) is 3.21. The number of hydrogen-bond donors (Lipinski definition) is 0. The molecular weight excluding hydrogens is 314 g/mol. The standard InChI is InChI=1S/C16H18BrN3/c1-12-9-18-15(19-10-12)20(2)11-16(7-8-16)13-3-5-14(17)6-4-13/h3-6,9-10H,7-8,11H2,1-2H3. The molecule has 1 heterocycles. The van der Waals surface area contributed by atoms with Crippen LogP contribution in [0.1, 0.15) is 24.0 Å². The van der Waals surface area contributed by atoms with E-state index in [0.29, 0.717) is 0 Å². The number of likely N-dealkylation sites (N-methyl/N-ethyl adjacent to an activating group) is 1. The van der Waals surface area contributed by atoms with E-state index in [1.165, 1.54) is 18.4 Å². The van der Waals surface area contributed by atoms with E-state index >= 15 is 0 Å². The Bertz CT molecular complexity index is 588. The van der Waals surface area contributed by atoms with Crippen LogP contribution in [-0.2, 0) is 5.41 Å². The van der Waals surface area contributed by atoms with Gasteiger partial charge in [-0.05, 0) is 43.0 Å². The molecule has 3 rings (SSSR count). The molecule has 0 amide bonds. The summed E-state index contributed by atoms with van der Waals surface area (Å²) in [6.45, 7) is 2.98. The number of halogens is 1. The predicted molar refractivity (Wildman–Crippen MR) is 85.1 cm³/mol. The van der Waals surface area contributed by atoms with Gasteiger partial charge in [0.15, 0.2) is 0 Å². The third-order valence-electron chi connectivity index (χ3n) is 3.96. The van der Waals surface area contributed by atoms with Crippen LogP contribution < -0.4 is 4.90 Å². The summed E-state index contributed by atoms with van der Waals surface area (Å²) < 4.78 is 1.13. The van der Waals surface area contributed by atoms with Gasteiger partial charge < -0.3 is 4.90 Å². The molecule has 104 valence electrons. The average molecular weight is 332 g/mol. The molecule has 20 heavy (non-hydrogen) atoms. The van der Waals surface area contributed by atoms with Gasteiger partial charge in [-0.1, -0.05) is 28.1 Å².